The van der Waals surface area contributed by atoms with Gasteiger partial charge in [0.2, 0.25) is 11.8 Å². The van der Waals surface area contributed by atoms with Gasteiger partial charge in [0.15, 0.2) is 0 Å². The maximum atomic E-state index is 11.3. The number of rotatable bonds is 7. The van der Waals surface area contributed by atoms with Crippen LogP contribution in [0.15, 0.2) is 0 Å². The molecule has 0 aromatic heterocycles. The van der Waals surface area contributed by atoms with E-state index in [-0.39, 0.29) is 18.4 Å². The van der Waals surface area contributed by atoms with Crippen LogP contribution >= 0.6 is 0 Å². The molecule has 0 heterocycles. The lowest BCUT2D eigenvalue weighted by atomic mass is 10.3. The third kappa shape index (κ3) is 6.40. The van der Waals surface area contributed by atoms with E-state index < -0.39 is 0 Å². The molecule has 92 valence electrons. The highest BCUT2D eigenvalue weighted by molar-refractivity contribution is 5.84. The van der Waals surface area contributed by atoms with Crippen molar-refractivity contribution in [3.8, 4) is 0 Å². The zero-order chi connectivity index (χ0) is 12.0. The minimum atomic E-state index is -0.0901. The average Bonchev–Trinajstić information content (AvgIpc) is 2.98. The molecular weight excluding hydrogens is 206 g/mol. The van der Waals surface area contributed by atoms with E-state index in [1.54, 1.807) is 0 Å². The molecule has 1 aliphatic rings. The Morgan fingerprint density at radius 2 is 1.94 bits per heavy atom. The second-order valence-electron chi connectivity index (χ2n) is 4.48. The van der Waals surface area contributed by atoms with Gasteiger partial charge in [0.1, 0.15) is 0 Å². The van der Waals surface area contributed by atoms with E-state index in [1.165, 1.54) is 0 Å². The molecule has 0 aromatic rings. The molecule has 5 heteroatoms. The van der Waals surface area contributed by atoms with Gasteiger partial charge in [-0.1, -0.05) is 13.8 Å². The van der Waals surface area contributed by atoms with Crippen LogP contribution in [0.25, 0.3) is 0 Å². The van der Waals surface area contributed by atoms with E-state index in [1.807, 2.05) is 13.8 Å². The van der Waals surface area contributed by atoms with Crippen molar-refractivity contribution in [2.45, 2.75) is 45.2 Å². The SMILES string of the molecule is CC(C)NCCC(=O)NCC(=O)NC1CC1. The zero-order valence-electron chi connectivity index (χ0n) is 10.0. The first kappa shape index (κ1) is 13.0. The summed E-state index contributed by atoms with van der Waals surface area (Å²) in [5.74, 6) is -0.174. The molecule has 1 rings (SSSR count). The molecule has 3 N–H and O–H groups in total. The maximum Gasteiger partial charge on any atom is 0.239 e. The van der Waals surface area contributed by atoms with Crippen LogP contribution in [-0.4, -0.2) is 37.0 Å². The first-order valence-corrected chi connectivity index (χ1v) is 5.87. The Bertz CT molecular complexity index is 250. The van der Waals surface area contributed by atoms with Crippen LogP contribution in [0.4, 0.5) is 0 Å². The molecule has 0 atom stereocenters. The minimum absolute atomic E-state index is 0.0842. The van der Waals surface area contributed by atoms with Crippen LogP contribution in [0.5, 0.6) is 0 Å². The normalized spacial score (nSPS) is 14.9. The molecule has 16 heavy (non-hydrogen) atoms. The highest BCUT2D eigenvalue weighted by Gasteiger charge is 2.22. The lowest BCUT2D eigenvalue weighted by Crippen LogP contribution is -2.39. The molecular formula is C11H21N3O2. The van der Waals surface area contributed by atoms with E-state index in [9.17, 15) is 9.59 Å². The summed E-state index contributed by atoms with van der Waals surface area (Å²) in [4.78, 5) is 22.5. The van der Waals surface area contributed by atoms with Crippen LogP contribution < -0.4 is 16.0 Å². The van der Waals surface area contributed by atoms with Crippen LogP contribution in [0, 0.1) is 0 Å². The van der Waals surface area contributed by atoms with Crippen LogP contribution in [0.3, 0.4) is 0 Å². The average molecular weight is 227 g/mol. The predicted molar refractivity (Wildman–Crippen MR) is 61.9 cm³/mol. The molecule has 0 aliphatic heterocycles. The third-order valence-corrected chi connectivity index (χ3v) is 2.29. The Morgan fingerprint density at radius 3 is 2.50 bits per heavy atom. The summed E-state index contributed by atoms with van der Waals surface area (Å²) in [6.07, 6.45) is 2.55. The van der Waals surface area contributed by atoms with E-state index in [0.717, 1.165) is 12.8 Å². The topological polar surface area (TPSA) is 70.2 Å². The van der Waals surface area contributed by atoms with E-state index in [0.29, 0.717) is 25.0 Å². The van der Waals surface area contributed by atoms with Crippen LogP contribution in [0.2, 0.25) is 0 Å². The van der Waals surface area contributed by atoms with Crippen molar-refractivity contribution >= 4 is 11.8 Å². The summed E-state index contributed by atoms with van der Waals surface area (Å²) in [6, 6.07) is 0.734. The molecule has 0 bridgehead atoms. The monoisotopic (exact) mass is 227 g/mol. The molecule has 0 aromatic carbocycles. The summed E-state index contributed by atoms with van der Waals surface area (Å²) in [5.41, 5.74) is 0. The number of amides is 2. The van der Waals surface area contributed by atoms with Crippen molar-refractivity contribution in [3.63, 3.8) is 0 Å². The Balaban J connectivity index is 1.98. The maximum absolute atomic E-state index is 11.3. The van der Waals surface area contributed by atoms with E-state index in [2.05, 4.69) is 16.0 Å². The lowest BCUT2D eigenvalue weighted by Gasteiger charge is -2.08. The summed E-state index contributed by atoms with van der Waals surface area (Å²) in [7, 11) is 0. The van der Waals surface area contributed by atoms with E-state index >= 15 is 0 Å². The fraction of sp³-hybridized carbons (Fsp3) is 0.818. The smallest absolute Gasteiger partial charge is 0.239 e. The van der Waals surface area contributed by atoms with Crippen molar-refractivity contribution in [1.82, 2.24) is 16.0 Å². The molecule has 2 amide bonds. The second-order valence-corrected chi connectivity index (χ2v) is 4.48. The lowest BCUT2D eigenvalue weighted by molar-refractivity contribution is -0.126. The van der Waals surface area contributed by atoms with Gasteiger partial charge < -0.3 is 16.0 Å². The number of carbonyl (C=O) groups is 2. The number of nitrogens with one attached hydrogen (secondary N) is 3. The van der Waals surface area contributed by atoms with Crippen molar-refractivity contribution in [3.05, 3.63) is 0 Å². The van der Waals surface area contributed by atoms with Crippen molar-refractivity contribution in [1.29, 1.82) is 0 Å². The highest BCUT2D eigenvalue weighted by atomic mass is 16.2. The first-order valence-electron chi connectivity index (χ1n) is 5.87. The van der Waals surface area contributed by atoms with Crippen LogP contribution in [-0.2, 0) is 9.59 Å². The largest absolute Gasteiger partial charge is 0.352 e. The zero-order valence-corrected chi connectivity index (χ0v) is 10.0. The molecule has 0 radical (unpaired) electrons. The number of hydrogen-bond donors (Lipinski definition) is 3. The van der Waals surface area contributed by atoms with E-state index in [4.69, 9.17) is 0 Å². The third-order valence-electron chi connectivity index (χ3n) is 2.29. The minimum Gasteiger partial charge on any atom is -0.352 e. The van der Waals surface area contributed by atoms with Gasteiger partial charge in [-0.3, -0.25) is 9.59 Å². The van der Waals surface area contributed by atoms with Gasteiger partial charge in [-0.05, 0) is 12.8 Å². The Labute approximate surface area is 96.4 Å². The number of hydrogen-bond acceptors (Lipinski definition) is 3. The molecule has 0 saturated heterocycles. The van der Waals surface area contributed by atoms with Gasteiger partial charge in [0, 0.05) is 25.0 Å². The van der Waals surface area contributed by atoms with Gasteiger partial charge in [-0.2, -0.15) is 0 Å². The van der Waals surface area contributed by atoms with Crippen LogP contribution in [0.1, 0.15) is 33.1 Å². The fourth-order valence-corrected chi connectivity index (χ4v) is 1.25. The second kappa shape index (κ2) is 6.48. The summed E-state index contributed by atoms with van der Waals surface area (Å²) in [5, 5.41) is 8.56. The van der Waals surface area contributed by atoms with Gasteiger partial charge in [-0.15, -0.1) is 0 Å². The van der Waals surface area contributed by atoms with Gasteiger partial charge in [0.05, 0.1) is 6.54 Å². The standard InChI is InChI=1S/C11H21N3O2/c1-8(2)12-6-5-10(15)13-7-11(16)14-9-3-4-9/h8-9,12H,3-7H2,1-2H3,(H,13,15)(H,14,16). The molecule has 5 nitrogen and oxygen atoms in total. The van der Waals surface area contributed by atoms with Crippen molar-refractivity contribution in [2.24, 2.45) is 0 Å². The molecule has 0 spiro atoms. The van der Waals surface area contributed by atoms with Gasteiger partial charge >= 0.3 is 0 Å². The Hall–Kier alpha value is -1.10. The Morgan fingerprint density at radius 1 is 1.25 bits per heavy atom. The first-order chi connectivity index (χ1) is 7.58. The molecule has 1 aliphatic carbocycles. The quantitative estimate of drug-likeness (QED) is 0.562. The molecule has 1 saturated carbocycles. The summed E-state index contributed by atoms with van der Waals surface area (Å²) < 4.78 is 0. The fourth-order valence-electron chi connectivity index (χ4n) is 1.25. The van der Waals surface area contributed by atoms with Gasteiger partial charge in [0.25, 0.3) is 0 Å². The number of carbonyl (C=O) groups excluding carboxylic acids is 2. The van der Waals surface area contributed by atoms with Crippen molar-refractivity contribution in [2.75, 3.05) is 13.1 Å². The molecule has 0 unspecified atom stereocenters. The summed E-state index contributed by atoms with van der Waals surface area (Å²) in [6.45, 7) is 4.80. The Kier molecular flexibility index (Phi) is 5.25. The summed E-state index contributed by atoms with van der Waals surface area (Å²) >= 11 is 0. The van der Waals surface area contributed by atoms with Gasteiger partial charge in [-0.25, -0.2) is 0 Å². The van der Waals surface area contributed by atoms with Crippen molar-refractivity contribution < 1.29 is 9.59 Å². The molecule has 1 fully saturated rings. The predicted octanol–water partition coefficient (Wildman–Crippen LogP) is -0.231. The highest BCUT2D eigenvalue weighted by Crippen LogP contribution is 2.18.